The first-order chi connectivity index (χ1) is 10.6. The van der Waals surface area contributed by atoms with Crippen molar-refractivity contribution in [1.82, 2.24) is 0 Å². The Bertz CT molecular complexity index is 688. The molecule has 5 heteroatoms. The molecule has 3 nitrogen and oxygen atoms in total. The van der Waals surface area contributed by atoms with Crippen LogP contribution >= 0.6 is 12.4 Å². The highest BCUT2D eigenvalue weighted by molar-refractivity contribution is 5.95. The Morgan fingerprint density at radius 3 is 2.65 bits per heavy atom. The summed E-state index contributed by atoms with van der Waals surface area (Å²) in [5, 5.41) is 0. The first kappa shape index (κ1) is 17.3. The van der Waals surface area contributed by atoms with Gasteiger partial charge in [-0.3, -0.25) is 4.79 Å². The number of rotatable bonds is 3. The van der Waals surface area contributed by atoms with Crippen LogP contribution in [0.4, 0.5) is 15.8 Å². The molecule has 1 aliphatic rings. The normalized spacial score (nSPS) is 13.2. The number of nitrogens with two attached hydrogens (primary N) is 1. The first-order valence-corrected chi connectivity index (χ1v) is 7.57. The zero-order valence-corrected chi connectivity index (χ0v) is 13.6. The van der Waals surface area contributed by atoms with Crippen LogP contribution in [0, 0.1) is 5.82 Å². The van der Waals surface area contributed by atoms with E-state index in [1.54, 1.807) is 12.1 Å². The summed E-state index contributed by atoms with van der Waals surface area (Å²) in [6, 6.07) is 12.0. The first-order valence-electron chi connectivity index (χ1n) is 7.57. The summed E-state index contributed by atoms with van der Waals surface area (Å²) < 4.78 is 12.9. The number of nitrogen functional groups attached to an aromatic ring is 1. The van der Waals surface area contributed by atoms with Crippen LogP contribution in [0.1, 0.15) is 24.0 Å². The van der Waals surface area contributed by atoms with Crippen molar-refractivity contribution in [2.45, 2.75) is 25.7 Å². The maximum atomic E-state index is 12.9. The summed E-state index contributed by atoms with van der Waals surface area (Å²) in [5.41, 5.74) is 9.75. The average Bonchev–Trinajstić information content (AvgIpc) is 2.54. The number of nitrogens with zero attached hydrogens (tertiary/aromatic N) is 1. The fourth-order valence-corrected chi connectivity index (χ4v) is 2.95. The lowest BCUT2D eigenvalue weighted by Gasteiger charge is -2.30. The lowest BCUT2D eigenvalue weighted by atomic mass is 9.99. The third-order valence-corrected chi connectivity index (χ3v) is 4.13. The molecule has 23 heavy (non-hydrogen) atoms. The van der Waals surface area contributed by atoms with Gasteiger partial charge in [0.25, 0.3) is 0 Å². The van der Waals surface area contributed by atoms with Gasteiger partial charge >= 0.3 is 0 Å². The third-order valence-electron chi connectivity index (χ3n) is 4.13. The molecule has 0 saturated heterocycles. The molecule has 122 valence electrons. The van der Waals surface area contributed by atoms with Crippen LogP contribution < -0.4 is 10.6 Å². The minimum Gasteiger partial charge on any atom is -0.398 e. The Labute approximate surface area is 141 Å². The van der Waals surface area contributed by atoms with Crippen LogP contribution in [0.3, 0.4) is 0 Å². The molecule has 0 aromatic heterocycles. The predicted octanol–water partition coefficient (Wildman–Crippen LogP) is 3.74. The molecule has 2 N–H and O–H groups in total. The van der Waals surface area contributed by atoms with Gasteiger partial charge in [0.05, 0.1) is 0 Å². The second-order valence-electron chi connectivity index (χ2n) is 5.62. The van der Waals surface area contributed by atoms with Gasteiger partial charge in [-0.2, -0.15) is 0 Å². The molecule has 0 radical (unpaired) electrons. The second-order valence-corrected chi connectivity index (χ2v) is 5.62. The zero-order chi connectivity index (χ0) is 15.5. The maximum absolute atomic E-state index is 12.9. The molecule has 2 aromatic carbocycles. The molecule has 0 spiro atoms. The van der Waals surface area contributed by atoms with Gasteiger partial charge < -0.3 is 10.6 Å². The highest BCUT2D eigenvalue weighted by Gasteiger charge is 2.23. The van der Waals surface area contributed by atoms with Crippen molar-refractivity contribution in [1.29, 1.82) is 0 Å². The maximum Gasteiger partial charge on any atom is 0.227 e. The minimum absolute atomic E-state index is 0. The summed E-state index contributed by atoms with van der Waals surface area (Å²) in [6.45, 7) is 0.735. The number of carbonyl (C=O) groups is 1. The number of aryl methyl sites for hydroxylation is 1. The molecule has 0 aliphatic carbocycles. The number of fused-ring (bicyclic) bond motifs is 1. The van der Waals surface area contributed by atoms with E-state index in [9.17, 15) is 9.18 Å². The van der Waals surface area contributed by atoms with Gasteiger partial charge in [0, 0.05) is 24.3 Å². The molecule has 1 aliphatic heterocycles. The van der Waals surface area contributed by atoms with Crippen molar-refractivity contribution >= 4 is 29.7 Å². The average molecular weight is 335 g/mol. The van der Waals surface area contributed by atoms with Crippen LogP contribution in [0.15, 0.2) is 42.5 Å². The standard InChI is InChI=1S/C18H19FN2O.ClH/c19-14-9-6-13(7-10-14)8-11-18(22)21-12-2-3-15-16(20)4-1-5-17(15)21;/h1,4-7,9-10H,2-3,8,11-12,20H2;1H. The molecule has 0 bridgehead atoms. The molecule has 2 aromatic rings. The highest BCUT2D eigenvalue weighted by Crippen LogP contribution is 2.31. The third kappa shape index (κ3) is 3.82. The smallest absolute Gasteiger partial charge is 0.227 e. The summed E-state index contributed by atoms with van der Waals surface area (Å²) in [5.74, 6) is -0.161. The highest BCUT2D eigenvalue weighted by atomic mass is 35.5. The van der Waals surface area contributed by atoms with Crippen molar-refractivity contribution in [3.63, 3.8) is 0 Å². The van der Waals surface area contributed by atoms with E-state index < -0.39 is 0 Å². The molecular formula is C18H20ClFN2O. The van der Waals surface area contributed by atoms with E-state index in [0.717, 1.165) is 41.9 Å². The molecule has 0 fully saturated rings. The van der Waals surface area contributed by atoms with E-state index in [2.05, 4.69) is 0 Å². The lowest BCUT2D eigenvalue weighted by molar-refractivity contribution is -0.118. The van der Waals surface area contributed by atoms with Crippen molar-refractivity contribution in [3.8, 4) is 0 Å². The van der Waals surface area contributed by atoms with Crippen LogP contribution in [0.2, 0.25) is 0 Å². The topological polar surface area (TPSA) is 46.3 Å². The van der Waals surface area contributed by atoms with Crippen molar-refractivity contribution in [2.75, 3.05) is 17.2 Å². The largest absolute Gasteiger partial charge is 0.398 e. The quantitative estimate of drug-likeness (QED) is 0.869. The molecule has 3 rings (SSSR count). The van der Waals surface area contributed by atoms with E-state index in [-0.39, 0.29) is 24.1 Å². The second kappa shape index (κ2) is 7.47. The SMILES string of the molecule is Cl.Nc1cccc2c1CCCN2C(=O)CCc1ccc(F)cc1. The molecule has 0 unspecified atom stereocenters. The van der Waals surface area contributed by atoms with Gasteiger partial charge in [0.15, 0.2) is 0 Å². The molecule has 1 amide bonds. The Hall–Kier alpha value is -2.07. The van der Waals surface area contributed by atoms with Crippen molar-refractivity contribution < 1.29 is 9.18 Å². The summed E-state index contributed by atoms with van der Waals surface area (Å²) in [4.78, 5) is 14.4. The monoisotopic (exact) mass is 334 g/mol. The summed E-state index contributed by atoms with van der Waals surface area (Å²) in [7, 11) is 0. The van der Waals surface area contributed by atoms with E-state index in [4.69, 9.17) is 5.73 Å². The number of benzene rings is 2. The molecule has 0 saturated carbocycles. The Morgan fingerprint density at radius 2 is 1.91 bits per heavy atom. The molecular weight excluding hydrogens is 315 g/mol. The Morgan fingerprint density at radius 1 is 1.17 bits per heavy atom. The Kier molecular flexibility index (Phi) is 5.61. The van der Waals surface area contributed by atoms with Crippen LogP contribution in [0.5, 0.6) is 0 Å². The van der Waals surface area contributed by atoms with Crippen LogP contribution in [-0.2, 0) is 17.6 Å². The predicted molar refractivity (Wildman–Crippen MR) is 93.5 cm³/mol. The van der Waals surface area contributed by atoms with E-state index in [0.29, 0.717) is 12.8 Å². The summed E-state index contributed by atoms with van der Waals surface area (Å²) in [6.07, 6.45) is 2.89. The van der Waals surface area contributed by atoms with Gasteiger partial charge in [-0.15, -0.1) is 12.4 Å². The van der Waals surface area contributed by atoms with E-state index in [1.165, 1.54) is 12.1 Å². The van der Waals surface area contributed by atoms with E-state index >= 15 is 0 Å². The fourth-order valence-electron chi connectivity index (χ4n) is 2.95. The van der Waals surface area contributed by atoms with Crippen molar-refractivity contribution in [3.05, 3.63) is 59.4 Å². The number of hydrogen-bond acceptors (Lipinski definition) is 2. The van der Waals surface area contributed by atoms with E-state index in [1.807, 2.05) is 23.1 Å². The van der Waals surface area contributed by atoms with Gasteiger partial charge in [-0.05, 0) is 54.7 Å². The number of halogens is 2. The lowest BCUT2D eigenvalue weighted by Crippen LogP contribution is -2.35. The number of amides is 1. The van der Waals surface area contributed by atoms with Gasteiger partial charge in [0.1, 0.15) is 5.82 Å². The van der Waals surface area contributed by atoms with Crippen LogP contribution in [0.25, 0.3) is 0 Å². The minimum atomic E-state index is -0.254. The van der Waals surface area contributed by atoms with Gasteiger partial charge in [-0.25, -0.2) is 4.39 Å². The van der Waals surface area contributed by atoms with Gasteiger partial charge in [-0.1, -0.05) is 18.2 Å². The number of hydrogen-bond donors (Lipinski definition) is 1. The zero-order valence-electron chi connectivity index (χ0n) is 12.8. The Balaban J connectivity index is 0.00000192. The van der Waals surface area contributed by atoms with Crippen LogP contribution in [-0.4, -0.2) is 12.5 Å². The fraction of sp³-hybridized carbons (Fsp3) is 0.278. The molecule has 0 atom stereocenters. The number of carbonyl (C=O) groups excluding carboxylic acids is 1. The summed E-state index contributed by atoms with van der Waals surface area (Å²) >= 11 is 0. The number of anilines is 2. The van der Waals surface area contributed by atoms with Crippen molar-refractivity contribution in [2.24, 2.45) is 0 Å². The molecule has 1 heterocycles. The van der Waals surface area contributed by atoms with Gasteiger partial charge in [0.2, 0.25) is 5.91 Å².